The molecular formula is C7H11NO2. The van der Waals surface area contributed by atoms with Crippen LogP contribution in [0.4, 0.5) is 0 Å². The zero-order valence-corrected chi connectivity index (χ0v) is 5.71. The summed E-state index contributed by atoms with van der Waals surface area (Å²) in [6.07, 6.45) is 5.97. The first-order valence-corrected chi connectivity index (χ1v) is 3.07. The van der Waals surface area contributed by atoms with Crippen LogP contribution in [0.25, 0.3) is 0 Å². The summed E-state index contributed by atoms with van der Waals surface area (Å²) in [6, 6.07) is -0.166. The number of rotatable bonds is 4. The standard InChI is InChI=1S/C7H11NO2/c1-2-3-6(8)4-5-7(9)10/h1,6H,3-5,8H2,(H,9,10)/t6-/m1/s1. The minimum Gasteiger partial charge on any atom is -0.481 e. The van der Waals surface area contributed by atoms with Crippen molar-refractivity contribution < 1.29 is 9.90 Å². The summed E-state index contributed by atoms with van der Waals surface area (Å²) < 4.78 is 0. The largest absolute Gasteiger partial charge is 0.481 e. The molecule has 0 heterocycles. The van der Waals surface area contributed by atoms with Crippen molar-refractivity contribution in [3.05, 3.63) is 0 Å². The summed E-state index contributed by atoms with van der Waals surface area (Å²) >= 11 is 0. The van der Waals surface area contributed by atoms with E-state index in [0.29, 0.717) is 12.8 Å². The van der Waals surface area contributed by atoms with Gasteiger partial charge in [0.25, 0.3) is 0 Å². The molecule has 0 unspecified atom stereocenters. The van der Waals surface area contributed by atoms with Gasteiger partial charge in [0.1, 0.15) is 0 Å². The fraction of sp³-hybridized carbons (Fsp3) is 0.571. The number of carboxylic acids is 1. The number of carbonyl (C=O) groups is 1. The van der Waals surface area contributed by atoms with Crippen LogP contribution in [0, 0.1) is 12.3 Å². The Morgan fingerprint density at radius 2 is 2.40 bits per heavy atom. The van der Waals surface area contributed by atoms with Crippen LogP contribution in [0.3, 0.4) is 0 Å². The molecular weight excluding hydrogens is 130 g/mol. The normalized spacial score (nSPS) is 12.0. The van der Waals surface area contributed by atoms with E-state index in [-0.39, 0.29) is 12.5 Å². The lowest BCUT2D eigenvalue weighted by Crippen LogP contribution is -2.20. The molecule has 3 nitrogen and oxygen atoms in total. The molecule has 0 aliphatic rings. The van der Waals surface area contributed by atoms with Gasteiger partial charge in [0.2, 0.25) is 0 Å². The molecule has 0 saturated carbocycles. The van der Waals surface area contributed by atoms with Crippen LogP contribution in [0.15, 0.2) is 0 Å². The van der Waals surface area contributed by atoms with E-state index in [1.54, 1.807) is 0 Å². The summed E-state index contributed by atoms with van der Waals surface area (Å²) in [5.41, 5.74) is 5.43. The predicted molar refractivity (Wildman–Crippen MR) is 38.3 cm³/mol. The van der Waals surface area contributed by atoms with Crippen LogP contribution >= 0.6 is 0 Å². The van der Waals surface area contributed by atoms with Gasteiger partial charge in [-0.25, -0.2) is 0 Å². The summed E-state index contributed by atoms with van der Waals surface area (Å²) in [5.74, 6) is 1.55. The zero-order valence-electron chi connectivity index (χ0n) is 5.71. The van der Waals surface area contributed by atoms with Gasteiger partial charge >= 0.3 is 5.97 Å². The number of terminal acetylenes is 1. The van der Waals surface area contributed by atoms with Crippen molar-refractivity contribution in [2.45, 2.75) is 25.3 Å². The molecule has 0 fully saturated rings. The van der Waals surface area contributed by atoms with Crippen molar-refractivity contribution in [2.75, 3.05) is 0 Å². The average molecular weight is 141 g/mol. The highest BCUT2D eigenvalue weighted by Crippen LogP contribution is 1.97. The SMILES string of the molecule is C#CC[C@@H](N)CCC(=O)O. The van der Waals surface area contributed by atoms with Gasteiger partial charge in [-0.05, 0) is 6.42 Å². The van der Waals surface area contributed by atoms with Gasteiger partial charge in [0, 0.05) is 18.9 Å². The van der Waals surface area contributed by atoms with E-state index < -0.39 is 5.97 Å². The molecule has 0 spiro atoms. The lowest BCUT2D eigenvalue weighted by molar-refractivity contribution is -0.137. The average Bonchev–Trinajstić information content (AvgIpc) is 1.85. The Balaban J connectivity index is 3.32. The van der Waals surface area contributed by atoms with E-state index in [1.807, 2.05) is 0 Å². The summed E-state index contributed by atoms with van der Waals surface area (Å²) in [4.78, 5) is 10.0. The van der Waals surface area contributed by atoms with Gasteiger partial charge in [-0.3, -0.25) is 4.79 Å². The van der Waals surface area contributed by atoms with E-state index in [0.717, 1.165) is 0 Å². The number of hydrogen-bond donors (Lipinski definition) is 2. The molecule has 3 heteroatoms. The maximum Gasteiger partial charge on any atom is 0.303 e. The molecule has 0 aliphatic heterocycles. The summed E-state index contributed by atoms with van der Waals surface area (Å²) in [7, 11) is 0. The Morgan fingerprint density at radius 3 is 2.80 bits per heavy atom. The Bertz CT molecular complexity index is 148. The summed E-state index contributed by atoms with van der Waals surface area (Å²) in [5, 5.41) is 8.22. The number of aliphatic carboxylic acids is 1. The van der Waals surface area contributed by atoms with Crippen molar-refractivity contribution in [1.82, 2.24) is 0 Å². The summed E-state index contributed by atoms with van der Waals surface area (Å²) in [6.45, 7) is 0. The smallest absolute Gasteiger partial charge is 0.303 e. The number of carboxylic acid groups (broad SMARTS) is 1. The second-order valence-corrected chi connectivity index (χ2v) is 2.10. The van der Waals surface area contributed by atoms with E-state index in [9.17, 15) is 4.79 Å². The molecule has 0 amide bonds. The highest BCUT2D eigenvalue weighted by molar-refractivity contribution is 5.66. The third-order valence-electron chi connectivity index (χ3n) is 1.11. The molecule has 0 bridgehead atoms. The maximum absolute atomic E-state index is 10.0. The van der Waals surface area contributed by atoms with Crippen LogP contribution in [0.5, 0.6) is 0 Å². The fourth-order valence-corrected chi connectivity index (χ4v) is 0.562. The third-order valence-corrected chi connectivity index (χ3v) is 1.11. The lowest BCUT2D eigenvalue weighted by Gasteiger charge is -2.03. The van der Waals surface area contributed by atoms with Gasteiger partial charge in [-0.2, -0.15) is 0 Å². The third kappa shape index (κ3) is 5.13. The molecule has 10 heavy (non-hydrogen) atoms. The highest BCUT2D eigenvalue weighted by atomic mass is 16.4. The van der Waals surface area contributed by atoms with E-state index >= 15 is 0 Å². The van der Waals surface area contributed by atoms with Crippen molar-refractivity contribution in [3.63, 3.8) is 0 Å². The monoisotopic (exact) mass is 141 g/mol. The molecule has 0 aromatic heterocycles. The van der Waals surface area contributed by atoms with Gasteiger partial charge in [0.15, 0.2) is 0 Å². The topological polar surface area (TPSA) is 63.3 Å². The molecule has 3 N–H and O–H groups in total. The predicted octanol–water partition coefficient (Wildman–Crippen LogP) is 0.202. The van der Waals surface area contributed by atoms with Crippen molar-refractivity contribution in [1.29, 1.82) is 0 Å². The van der Waals surface area contributed by atoms with Crippen molar-refractivity contribution in [2.24, 2.45) is 5.73 Å². The first-order valence-electron chi connectivity index (χ1n) is 3.07. The van der Waals surface area contributed by atoms with E-state index in [4.69, 9.17) is 17.3 Å². The van der Waals surface area contributed by atoms with Crippen molar-refractivity contribution >= 4 is 5.97 Å². The minimum absolute atomic E-state index is 0.100. The second-order valence-electron chi connectivity index (χ2n) is 2.10. The highest BCUT2D eigenvalue weighted by Gasteiger charge is 2.02. The quantitative estimate of drug-likeness (QED) is 0.550. The van der Waals surface area contributed by atoms with Crippen LogP contribution < -0.4 is 5.73 Å². The Kier molecular flexibility index (Phi) is 4.34. The fourth-order valence-electron chi connectivity index (χ4n) is 0.562. The second kappa shape index (κ2) is 4.83. The Labute approximate surface area is 60.2 Å². The molecule has 0 radical (unpaired) electrons. The van der Waals surface area contributed by atoms with Crippen LogP contribution in [-0.4, -0.2) is 17.1 Å². The first-order chi connectivity index (χ1) is 4.66. The van der Waals surface area contributed by atoms with Crippen molar-refractivity contribution in [3.8, 4) is 12.3 Å². The Hall–Kier alpha value is -1.01. The van der Waals surface area contributed by atoms with Gasteiger partial charge < -0.3 is 10.8 Å². The Morgan fingerprint density at radius 1 is 1.80 bits per heavy atom. The zero-order chi connectivity index (χ0) is 7.98. The lowest BCUT2D eigenvalue weighted by atomic mass is 10.1. The van der Waals surface area contributed by atoms with Gasteiger partial charge in [-0.1, -0.05) is 0 Å². The molecule has 0 rings (SSSR count). The maximum atomic E-state index is 10.0. The van der Waals surface area contributed by atoms with Crippen LogP contribution in [0.2, 0.25) is 0 Å². The van der Waals surface area contributed by atoms with Gasteiger partial charge in [0.05, 0.1) is 0 Å². The molecule has 0 aromatic rings. The molecule has 1 atom stereocenters. The molecule has 0 aromatic carbocycles. The molecule has 56 valence electrons. The molecule has 0 saturated heterocycles. The first kappa shape index (κ1) is 8.99. The van der Waals surface area contributed by atoms with E-state index in [2.05, 4.69) is 5.92 Å². The van der Waals surface area contributed by atoms with Crippen LogP contribution in [0.1, 0.15) is 19.3 Å². The van der Waals surface area contributed by atoms with Gasteiger partial charge in [-0.15, -0.1) is 12.3 Å². The number of nitrogens with two attached hydrogens (primary N) is 1. The van der Waals surface area contributed by atoms with E-state index in [1.165, 1.54) is 0 Å². The minimum atomic E-state index is -0.826. The molecule has 0 aliphatic carbocycles. The van der Waals surface area contributed by atoms with Crippen LogP contribution in [-0.2, 0) is 4.79 Å². The number of hydrogen-bond acceptors (Lipinski definition) is 2.